The van der Waals surface area contributed by atoms with Crippen LogP contribution in [0.5, 0.6) is 0 Å². The van der Waals surface area contributed by atoms with Gasteiger partial charge in [0.2, 0.25) is 10.0 Å². The first kappa shape index (κ1) is 16.9. The minimum atomic E-state index is -3.07. The summed E-state index contributed by atoms with van der Waals surface area (Å²) in [6.45, 7) is 5.18. The van der Waals surface area contributed by atoms with Gasteiger partial charge in [-0.25, -0.2) is 12.7 Å². The van der Waals surface area contributed by atoms with Crippen LogP contribution in [0.15, 0.2) is 18.2 Å². The van der Waals surface area contributed by atoms with Gasteiger partial charge in [-0.3, -0.25) is 10.1 Å². The minimum absolute atomic E-state index is 0.0785. The zero-order chi connectivity index (χ0) is 16.3. The summed E-state index contributed by atoms with van der Waals surface area (Å²) < 4.78 is 24.9. The smallest absolute Gasteiger partial charge is 0.272 e. The van der Waals surface area contributed by atoms with E-state index in [1.165, 1.54) is 10.4 Å². The first-order chi connectivity index (χ1) is 10.3. The van der Waals surface area contributed by atoms with Gasteiger partial charge in [0.15, 0.2) is 0 Å². The van der Waals surface area contributed by atoms with E-state index in [0.717, 1.165) is 5.56 Å². The van der Waals surface area contributed by atoms with Crippen molar-refractivity contribution in [2.75, 3.05) is 25.4 Å². The van der Waals surface area contributed by atoms with E-state index in [9.17, 15) is 18.5 Å². The lowest BCUT2D eigenvalue weighted by atomic mass is 10.0. The topological polar surface area (TPSA) is 92.6 Å². The molecule has 1 atom stereocenters. The van der Waals surface area contributed by atoms with Crippen molar-refractivity contribution in [1.29, 1.82) is 0 Å². The van der Waals surface area contributed by atoms with Crippen LogP contribution < -0.4 is 5.32 Å². The molecule has 0 saturated carbocycles. The molecular weight excluding hydrogens is 306 g/mol. The first-order valence-corrected chi connectivity index (χ1v) is 8.89. The van der Waals surface area contributed by atoms with Crippen molar-refractivity contribution in [3.8, 4) is 0 Å². The number of rotatable bonds is 6. The van der Waals surface area contributed by atoms with E-state index in [2.05, 4.69) is 5.32 Å². The Labute approximate surface area is 130 Å². The van der Waals surface area contributed by atoms with Gasteiger partial charge in [-0.2, -0.15) is 0 Å². The molecule has 0 aromatic heterocycles. The van der Waals surface area contributed by atoms with Gasteiger partial charge in [-0.1, -0.05) is 12.1 Å². The third-order valence-corrected chi connectivity index (χ3v) is 5.98. The van der Waals surface area contributed by atoms with E-state index in [1.807, 2.05) is 13.0 Å². The molecule has 1 aromatic rings. The highest BCUT2D eigenvalue weighted by atomic mass is 32.2. The predicted molar refractivity (Wildman–Crippen MR) is 84.2 cm³/mol. The summed E-state index contributed by atoms with van der Waals surface area (Å²) in [7, 11) is -3.07. The Morgan fingerprint density at radius 1 is 1.45 bits per heavy atom. The molecule has 8 heteroatoms. The number of hydrogen-bond donors (Lipinski definition) is 1. The Morgan fingerprint density at radius 2 is 2.18 bits per heavy atom. The highest BCUT2D eigenvalue weighted by Crippen LogP contribution is 2.25. The molecule has 1 aliphatic heterocycles. The average molecular weight is 327 g/mol. The van der Waals surface area contributed by atoms with Gasteiger partial charge in [-0.15, -0.1) is 0 Å². The molecule has 0 aliphatic carbocycles. The largest absolute Gasteiger partial charge is 0.309 e. The zero-order valence-corrected chi connectivity index (χ0v) is 13.6. The lowest BCUT2D eigenvalue weighted by Crippen LogP contribution is -2.34. The van der Waals surface area contributed by atoms with Gasteiger partial charge in [0, 0.05) is 37.3 Å². The molecule has 0 spiro atoms. The van der Waals surface area contributed by atoms with Crippen LogP contribution >= 0.6 is 0 Å². The van der Waals surface area contributed by atoms with Crippen LogP contribution in [-0.4, -0.2) is 43.0 Å². The molecule has 1 N–H and O–H groups in total. The SMILES string of the molecule is Cc1c([C@@H](C)NCCN2CCCS2(=O)=O)cccc1[N+](=O)[O-]. The zero-order valence-electron chi connectivity index (χ0n) is 12.8. The molecule has 1 aromatic carbocycles. The Morgan fingerprint density at radius 3 is 2.77 bits per heavy atom. The summed E-state index contributed by atoms with van der Waals surface area (Å²) in [5, 5.41) is 14.2. The third kappa shape index (κ3) is 3.63. The van der Waals surface area contributed by atoms with Crippen LogP contribution in [0.3, 0.4) is 0 Å². The summed E-state index contributed by atoms with van der Waals surface area (Å²) in [6.07, 6.45) is 0.682. The first-order valence-electron chi connectivity index (χ1n) is 7.28. The lowest BCUT2D eigenvalue weighted by molar-refractivity contribution is -0.385. The molecule has 0 amide bonds. The highest BCUT2D eigenvalue weighted by Gasteiger charge is 2.27. The van der Waals surface area contributed by atoms with E-state index in [1.54, 1.807) is 13.0 Å². The molecule has 0 bridgehead atoms. The van der Waals surface area contributed by atoms with Gasteiger partial charge < -0.3 is 5.32 Å². The summed E-state index contributed by atoms with van der Waals surface area (Å²) in [5.74, 6) is 0.229. The lowest BCUT2D eigenvalue weighted by Gasteiger charge is -2.19. The molecule has 0 unspecified atom stereocenters. The summed E-state index contributed by atoms with van der Waals surface area (Å²) in [4.78, 5) is 10.6. The van der Waals surface area contributed by atoms with Crippen molar-refractivity contribution >= 4 is 15.7 Å². The summed E-state index contributed by atoms with van der Waals surface area (Å²) >= 11 is 0. The fourth-order valence-corrected chi connectivity index (χ4v) is 4.29. The molecule has 2 rings (SSSR count). The monoisotopic (exact) mass is 327 g/mol. The molecule has 122 valence electrons. The summed E-state index contributed by atoms with van der Waals surface area (Å²) in [5.41, 5.74) is 1.60. The standard InChI is InChI=1S/C14H21N3O4S/c1-11-13(5-3-6-14(11)17(18)19)12(2)15-7-9-16-8-4-10-22(16,20)21/h3,5-6,12,15H,4,7-10H2,1-2H3/t12-/m1/s1. The number of nitrogens with one attached hydrogen (secondary N) is 1. The van der Waals surface area contributed by atoms with E-state index < -0.39 is 10.0 Å². The Bertz CT molecular complexity index is 660. The Kier molecular flexibility index (Phi) is 5.15. The Balaban J connectivity index is 1.97. The normalized spacial score (nSPS) is 19.2. The van der Waals surface area contributed by atoms with Crippen molar-refractivity contribution in [3.05, 3.63) is 39.4 Å². The van der Waals surface area contributed by atoms with Crippen LogP contribution in [-0.2, 0) is 10.0 Å². The molecule has 1 heterocycles. The number of sulfonamides is 1. The van der Waals surface area contributed by atoms with Crippen molar-refractivity contribution in [2.45, 2.75) is 26.3 Å². The molecular formula is C14H21N3O4S. The molecule has 7 nitrogen and oxygen atoms in total. The molecule has 22 heavy (non-hydrogen) atoms. The van der Waals surface area contributed by atoms with E-state index in [0.29, 0.717) is 31.6 Å². The van der Waals surface area contributed by atoms with Crippen LogP contribution in [0.2, 0.25) is 0 Å². The molecule has 1 saturated heterocycles. The second-order valence-electron chi connectivity index (χ2n) is 5.49. The van der Waals surface area contributed by atoms with E-state index in [4.69, 9.17) is 0 Å². The predicted octanol–water partition coefficient (Wildman–Crippen LogP) is 1.59. The highest BCUT2D eigenvalue weighted by molar-refractivity contribution is 7.89. The maximum absolute atomic E-state index is 11.7. The van der Waals surface area contributed by atoms with Crippen LogP contribution in [0, 0.1) is 17.0 Å². The van der Waals surface area contributed by atoms with Crippen LogP contribution in [0.1, 0.15) is 30.5 Å². The van der Waals surface area contributed by atoms with Gasteiger partial charge >= 0.3 is 0 Å². The molecule has 1 fully saturated rings. The quantitative estimate of drug-likeness (QED) is 0.632. The van der Waals surface area contributed by atoms with Gasteiger partial charge in [0.05, 0.1) is 10.7 Å². The van der Waals surface area contributed by atoms with E-state index in [-0.39, 0.29) is 22.4 Å². The van der Waals surface area contributed by atoms with Crippen LogP contribution in [0.4, 0.5) is 5.69 Å². The van der Waals surface area contributed by atoms with Gasteiger partial charge in [0.1, 0.15) is 0 Å². The second-order valence-corrected chi connectivity index (χ2v) is 7.58. The van der Waals surface area contributed by atoms with Crippen molar-refractivity contribution in [2.24, 2.45) is 0 Å². The fourth-order valence-electron chi connectivity index (χ4n) is 2.77. The van der Waals surface area contributed by atoms with E-state index >= 15 is 0 Å². The average Bonchev–Trinajstić information content (AvgIpc) is 2.77. The number of nitro groups is 1. The fraction of sp³-hybridized carbons (Fsp3) is 0.571. The molecule has 1 aliphatic rings. The van der Waals surface area contributed by atoms with Crippen molar-refractivity contribution in [1.82, 2.24) is 9.62 Å². The summed E-state index contributed by atoms with van der Waals surface area (Å²) in [6, 6.07) is 4.93. The van der Waals surface area contributed by atoms with Gasteiger partial charge in [0.25, 0.3) is 5.69 Å². The molecule has 0 radical (unpaired) electrons. The van der Waals surface area contributed by atoms with Crippen molar-refractivity contribution in [3.63, 3.8) is 0 Å². The second kappa shape index (κ2) is 6.72. The number of hydrogen-bond acceptors (Lipinski definition) is 5. The van der Waals surface area contributed by atoms with Gasteiger partial charge in [-0.05, 0) is 25.8 Å². The van der Waals surface area contributed by atoms with Crippen molar-refractivity contribution < 1.29 is 13.3 Å². The van der Waals surface area contributed by atoms with Crippen LogP contribution in [0.25, 0.3) is 0 Å². The Hall–Kier alpha value is -1.51. The minimum Gasteiger partial charge on any atom is -0.309 e. The maximum atomic E-state index is 11.7. The number of nitro benzene ring substituents is 1. The maximum Gasteiger partial charge on any atom is 0.272 e. The number of benzene rings is 1. The third-order valence-electron chi connectivity index (χ3n) is 4.03. The number of nitrogens with zero attached hydrogens (tertiary/aromatic N) is 2.